The van der Waals surface area contributed by atoms with Gasteiger partial charge in [-0.1, -0.05) is 11.6 Å². The van der Waals surface area contributed by atoms with Crippen LogP contribution in [0.25, 0.3) is 5.65 Å². The van der Waals surface area contributed by atoms with E-state index in [1.54, 1.807) is 23.7 Å². The van der Waals surface area contributed by atoms with Crippen molar-refractivity contribution in [1.29, 1.82) is 0 Å². The van der Waals surface area contributed by atoms with E-state index in [0.29, 0.717) is 10.7 Å². The largest absolute Gasteiger partial charge is 0.478 e. The van der Waals surface area contributed by atoms with Gasteiger partial charge in [0.15, 0.2) is 5.65 Å². The summed E-state index contributed by atoms with van der Waals surface area (Å²) in [6.45, 7) is 1.80. The van der Waals surface area contributed by atoms with Gasteiger partial charge in [-0.3, -0.25) is 0 Å². The van der Waals surface area contributed by atoms with Gasteiger partial charge in [-0.2, -0.15) is 0 Å². The minimum absolute atomic E-state index is 0.116. The molecule has 0 radical (unpaired) electrons. The topological polar surface area (TPSA) is 54.6 Å². The van der Waals surface area contributed by atoms with Crippen molar-refractivity contribution in [3.05, 3.63) is 34.7 Å². The smallest absolute Gasteiger partial charge is 0.339 e. The molecule has 0 amide bonds. The number of nitrogens with zero attached hydrogens (tertiary/aromatic N) is 2. The van der Waals surface area contributed by atoms with E-state index in [0.717, 1.165) is 5.69 Å². The lowest BCUT2D eigenvalue weighted by atomic mass is 10.3. The van der Waals surface area contributed by atoms with Crippen LogP contribution in [0.3, 0.4) is 0 Å². The Bertz CT molecular complexity index is 519. The Morgan fingerprint density at radius 3 is 2.93 bits per heavy atom. The standard InChI is InChI=1S/C9H7ClN2O2/c1-5-3-12-4-6(10)2-7(9(13)14)8(12)11-5/h2-4H,1H3,(H,13,14). The second kappa shape index (κ2) is 2.99. The fourth-order valence-electron chi connectivity index (χ4n) is 1.34. The van der Waals surface area contributed by atoms with Gasteiger partial charge in [-0.15, -0.1) is 0 Å². The molecule has 0 spiro atoms. The lowest BCUT2D eigenvalue weighted by molar-refractivity contribution is 0.0698. The maximum atomic E-state index is 10.9. The number of carbonyl (C=O) groups is 1. The molecule has 5 heteroatoms. The second-order valence-electron chi connectivity index (χ2n) is 2.99. The summed E-state index contributed by atoms with van der Waals surface area (Å²) < 4.78 is 1.61. The molecule has 2 aromatic heterocycles. The zero-order chi connectivity index (χ0) is 10.3. The lowest BCUT2D eigenvalue weighted by Crippen LogP contribution is -2.00. The highest BCUT2D eigenvalue weighted by molar-refractivity contribution is 6.31. The number of aromatic carboxylic acids is 1. The number of hydrogen-bond donors (Lipinski definition) is 1. The summed E-state index contributed by atoms with van der Waals surface area (Å²) in [6, 6.07) is 1.39. The first-order chi connectivity index (χ1) is 6.58. The number of halogens is 1. The number of hydrogen-bond acceptors (Lipinski definition) is 2. The van der Waals surface area contributed by atoms with E-state index in [-0.39, 0.29) is 5.56 Å². The predicted molar refractivity (Wildman–Crippen MR) is 51.9 cm³/mol. The normalized spacial score (nSPS) is 10.7. The van der Waals surface area contributed by atoms with Crippen LogP contribution < -0.4 is 0 Å². The van der Waals surface area contributed by atoms with Crippen molar-refractivity contribution in [3.8, 4) is 0 Å². The van der Waals surface area contributed by atoms with E-state index in [9.17, 15) is 4.79 Å². The van der Waals surface area contributed by atoms with Crippen LogP contribution in [0, 0.1) is 6.92 Å². The number of imidazole rings is 1. The summed E-state index contributed by atoms with van der Waals surface area (Å²) in [6.07, 6.45) is 3.36. The first-order valence-corrected chi connectivity index (χ1v) is 4.34. The molecule has 2 rings (SSSR count). The van der Waals surface area contributed by atoms with Crippen LogP contribution in [0.5, 0.6) is 0 Å². The third-order valence-electron chi connectivity index (χ3n) is 1.87. The molecule has 0 atom stereocenters. The van der Waals surface area contributed by atoms with E-state index in [4.69, 9.17) is 16.7 Å². The van der Waals surface area contributed by atoms with Crippen LogP contribution in [-0.2, 0) is 0 Å². The quantitative estimate of drug-likeness (QED) is 0.783. The predicted octanol–water partition coefficient (Wildman–Crippen LogP) is 1.99. The maximum Gasteiger partial charge on any atom is 0.339 e. The molecular formula is C9H7ClN2O2. The van der Waals surface area contributed by atoms with Crippen molar-refractivity contribution in [3.63, 3.8) is 0 Å². The minimum atomic E-state index is -1.02. The van der Waals surface area contributed by atoms with Gasteiger partial charge in [0.1, 0.15) is 5.56 Å². The first-order valence-electron chi connectivity index (χ1n) is 3.96. The molecule has 0 fully saturated rings. The molecular weight excluding hydrogens is 204 g/mol. The van der Waals surface area contributed by atoms with Gasteiger partial charge in [0.05, 0.1) is 10.7 Å². The molecule has 14 heavy (non-hydrogen) atoms. The SMILES string of the molecule is Cc1cn2cc(Cl)cc(C(=O)O)c2n1. The summed E-state index contributed by atoms with van der Waals surface area (Å²) in [5, 5.41) is 9.29. The van der Waals surface area contributed by atoms with Gasteiger partial charge in [0.25, 0.3) is 0 Å². The number of carboxylic acids is 1. The molecule has 0 aromatic carbocycles. The number of aryl methyl sites for hydroxylation is 1. The van der Waals surface area contributed by atoms with E-state index < -0.39 is 5.97 Å². The van der Waals surface area contributed by atoms with Crippen molar-refractivity contribution >= 4 is 23.2 Å². The van der Waals surface area contributed by atoms with Gasteiger partial charge in [0, 0.05) is 12.4 Å². The number of fused-ring (bicyclic) bond motifs is 1. The minimum Gasteiger partial charge on any atom is -0.478 e. The molecule has 4 nitrogen and oxygen atoms in total. The van der Waals surface area contributed by atoms with Gasteiger partial charge >= 0.3 is 5.97 Å². The highest BCUT2D eigenvalue weighted by Gasteiger charge is 2.12. The Hall–Kier alpha value is -1.55. The van der Waals surface area contributed by atoms with Crippen LogP contribution in [0.15, 0.2) is 18.5 Å². The fourth-order valence-corrected chi connectivity index (χ4v) is 1.56. The number of carboxylic acid groups (broad SMARTS) is 1. The summed E-state index contributed by atoms with van der Waals surface area (Å²) >= 11 is 5.77. The van der Waals surface area contributed by atoms with Crippen molar-refractivity contribution < 1.29 is 9.90 Å². The molecule has 2 heterocycles. The van der Waals surface area contributed by atoms with Gasteiger partial charge in [0.2, 0.25) is 0 Å². The Morgan fingerprint density at radius 1 is 1.57 bits per heavy atom. The van der Waals surface area contributed by atoms with Crippen molar-refractivity contribution in [2.24, 2.45) is 0 Å². The summed E-state index contributed by atoms with van der Waals surface area (Å²) in [5.74, 6) is -1.02. The molecule has 72 valence electrons. The molecule has 0 aliphatic rings. The summed E-state index contributed by atoms with van der Waals surface area (Å²) in [7, 11) is 0. The Kier molecular flexibility index (Phi) is 1.93. The Labute approximate surface area is 84.8 Å². The van der Waals surface area contributed by atoms with Crippen LogP contribution in [-0.4, -0.2) is 20.5 Å². The van der Waals surface area contributed by atoms with E-state index in [1.807, 2.05) is 0 Å². The first kappa shape index (κ1) is 9.02. The molecule has 0 saturated heterocycles. The Balaban J connectivity index is 2.85. The molecule has 1 N–H and O–H groups in total. The van der Waals surface area contributed by atoms with Crippen molar-refractivity contribution in [2.45, 2.75) is 6.92 Å². The average molecular weight is 211 g/mol. The third-order valence-corrected chi connectivity index (χ3v) is 2.08. The molecule has 0 unspecified atom stereocenters. The van der Waals surface area contributed by atoms with E-state index >= 15 is 0 Å². The molecule has 2 aromatic rings. The third kappa shape index (κ3) is 1.33. The molecule has 0 aliphatic carbocycles. The molecule has 0 aliphatic heterocycles. The van der Waals surface area contributed by atoms with Crippen LogP contribution in [0.1, 0.15) is 16.1 Å². The van der Waals surface area contributed by atoms with Crippen LogP contribution in [0.2, 0.25) is 5.02 Å². The second-order valence-corrected chi connectivity index (χ2v) is 3.43. The Morgan fingerprint density at radius 2 is 2.29 bits per heavy atom. The highest BCUT2D eigenvalue weighted by Crippen LogP contribution is 2.17. The number of aromatic nitrogens is 2. The van der Waals surface area contributed by atoms with Gasteiger partial charge in [-0.25, -0.2) is 9.78 Å². The van der Waals surface area contributed by atoms with Gasteiger partial charge in [-0.05, 0) is 13.0 Å². The highest BCUT2D eigenvalue weighted by atomic mass is 35.5. The van der Waals surface area contributed by atoms with Crippen molar-refractivity contribution in [2.75, 3.05) is 0 Å². The monoisotopic (exact) mass is 210 g/mol. The maximum absolute atomic E-state index is 10.9. The number of rotatable bonds is 1. The summed E-state index contributed by atoms with van der Waals surface area (Å²) in [4.78, 5) is 15.0. The zero-order valence-corrected chi connectivity index (χ0v) is 8.12. The van der Waals surface area contributed by atoms with Crippen LogP contribution in [0.4, 0.5) is 0 Å². The fraction of sp³-hybridized carbons (Fsp3) is 0.111. The van der Waals surface area contributed by atoms with Crippen LogP contribution >= 0.6 is 11.6 Å². The number of pyridine rings is 1. The average Bonchev–Trinajstić information content (AvgIpc) is 2.42. The summed E-state index contributed by atoms with van der Waals surface area (Å²) in [5.41, 5.74) is 1.29. The molecule has 0 bridgehead atoms. The van der Waals surface area contributed by atoms with E-state index in [2.05, 4.69) is 4.98 Å². The zero-order valence-electron chi connectivity index (χ0n) is 7.36. The van der Waals surface area contributed by atoms with E-state index in [1.165, 1.54) is 6.07 Å². The van der Waals surface area contributed by atoms with Gasteiger partial charge < -0.3 is 9.51 Å². The van der Waals surface area contributed by atoms with Crippen molar-refractivity contribution in [1.82, 2.24) is 9.38 Å². The molecule has 0 saturated carbocycles. The lowest BCUT2D eigenvalue weighted by Gasteiger charge is -1.99.